The number of nitro benzene ring substituents is 1. The Hall–Kier alpha value is -2.30. The highest BCUT2D eigenvalue weighted by atomic mass is 32.2. The predicted octanol–water partition coefficient (Wildman–Crippen LogP) is 2.49. The maximum absolute atomic E-state index is 13.6. The molecule has 4 atom stereocenters. The third-order valence-electron chi connectivity index (χ3n) is 6.81. The van der Waals surface area contributed by atoms with Gasteiger partial charge in [0.25, 0.3) is 5.69 Å². The average Bonchev–Trinajstić information content (AvgIpc) is 2.75. The Morgan fingerprint density at radius 2 is 1.87 bits per heavy atom. The van der Waals surface area contributed by atoms with Crippen LogP contribution in [0.3, 0.4) is 0 Å². The minimum absolute atomic E-state index is 0.0247. The molecule has 1 aromatic rings. The van der Waals surface area contributed by atoms with Crippen LogP contribution in [-0.2, 0) is 14.8 Å². The quantitative estimate of drug-likeness (QED) is 0.402. The molecule has 0 amide bonds. The van der Waals surface area contributed by atoms with Crippen molar-refractivity contribution in [2.24, 2.45) is 11.8 Å². The number of nitrogens with zero attached hydrogens (tertiary/aromatic N) is 3. The number of hydrogen-bond acceptors (Lipinski definition) is 6. The van der Waals surface area contributed by atoms with E-state index in [4.69, 9.17) is 5.11 Å². The van der Waals surface area contributed by atoms with Crippen molar-refractivity contribution >= 4 is 21.7 Å². The van der Waals surface area contributed by atoms with E-state index in [9.17, 15) is 23.3 Å². The first-order valence-corrected chi connectivity index (χ1v) is 12.1. The van der Waals surface area contributed by atoms with E-state index in [1.165, 1.54) is 28.6 Å². The summed E-state index contributed by atoms with van der Waals surface area (Å²) < 4.78 is 28.7. The number of nitro groups is 1. The Bertz CT molecular complexity index is 975. The number of carboxylic acids is 1. The first-order chi connectivity index (χ1) is 14.8. The SMILES string of the molecule is O=C(O)C/C=C\[C@@H]1[C@H]2CCCN3CCC[C@@H](CN1S(=O)(=O)c1ccc([N+](=O)[O-])cc1)[C@@H]23. The van der Waals surface area contributed by atoms with Gasteiger partial charge < -0.3 is 5.11 Å². The van der Waals surface area contributed by atoms with Gasteiger partial charge >= 0.3 is 5.97 Å². The highest BCUT2D eigenvalue weighted by Gasteiger charge is 2.50. The van der Waals surface area contributed by atoms with Gasteiger partial charge in [0.2, 0.25) is 10.0 Å². The zero-order valence-corrected chi connectivity index (χ0v) is 18.0. The van der Waals surface area contributed by atoms with Crippen LogP contribution in [0.5, 0.6) is 0 Å². The third kappa shape index (κ3) is 4.24. The van der Waals surface area contributed by atoms with Crippen molar-refractivity contribution in [3.05, 3.63) is 46.5 Å². The average molecular weight is 450 g/mol. The van der Waals surface area contributed by atoms with Gasteiger partial charge in [-0.15, -0.1) is 0 Å². The third-order valence-corrected chi connectivity index (χ3v) is 8.69. The van der Waals surface area contributed by atoms with E-state index < -0.39 is 27.0 Å². The van der Waals surface area contributed by atoms with Crippen molar-refractivity contribution < 1.29 is 23.2 Å². The van der Waals surface area contributed by atoms with Gasteiger partial charge in [0.05, 0.1) is 16.2 Å². The molecule has 0 unspecified atom stereocenters. The van der Waals surface area contributed by atoms with Crippen LogP contribution >= 0.6 is 0 Å². The van der Waals surface area contributed by atoms with Crippen LogP contribution in [0.25, 0.3) is 0 Å². The molecule has 3 saturated heterocycles. The smallest absolute Gasteiger partial charge is 0.307 e. The molecular weight excluding hydrogens is 422 g/mol. The molecule has 0 spiro atoms. The summed E-state index contributed by atoms with van der Waals surface area (Å²) in [5.74, 6) is -0.626. The molecular formula is C21H27N3O6S. The summed E-state index contributed by atoms with van der Waals surface area (Å²) in [6.45, 7) is 2.43. The first-order valence-electron chi connectivity index (χ1n) is 10.7. The van der Waals surface area contributed by atoms with Crippen LogP contribution in [0, 0.1) is 22.0 Å². The van der Waals surface area contributed by atoms with E-state index in [1.807, 2.05) is 0 Å². The van der Waals surface area contributed by atoms with E-state index in [-0.39, 0.29) is 28.8 Å². The minimum Gasteiger partial charge on any atom is -0.481 e. The van der Waals surface area contributed by atoms with Gasteiger partial charge in [-0.2, -0.15) is 4.31 Å². The molecule has 0 bridgehead atoms. The molecule has 0 saturated carbocycles. The monoisotopic (exact) mass is 449 g/mol. The van der Waals surface area contributed by atoms with E-state index in [0.717, 1.165) is 38.8 Å². The lowest BCUT2D eigenvalue weighted by atomic mass is 9.70. The molecule has 1 N–H and O–H groups in total. The van der Waals surface area contributed by atoms with Gasteiger partial charge in [0.1, 0.15) is 0 Å². The maximum atomic E-state index is 13.6. The molecule has 0 radical (unpaired) electrons. The van der Waals surface area contributed by atoms with Crippen LogP contribution in [0.4, 0.5) is 5.69 Å². The van der Waals surface area contributed by atoms with Gasteiger partial charge in [-0.1, -0.05) is 12.2 Å². The van der Waals surface area contributed by atoms with E-state index in [0.29, 0.717) is 12.6 Å². The lowest BCUT2D eigenvalue weighted by molar-refractivity contribution is -0.384. The summed E-state index contributed by atoms with van der Waals surface area (Å²) in [5, 5.41) is 20.0. The summed E-state index contributed by atoms with van der Waals surface area (Å²) in [5.41, 5.74) is -0.161. The van der Waals surface area contributed by atoms with E-state index >= 15 is 0 Å². The number of piperidine rings is 3. The Balaban J connectivity index is 1.71. The molecule has 4 rings (SSSR count). The van der Waals surface area contributed by atoms with Crippen molar-refractivity contribution in [1.82, 2.24) is 9.21 Å². The molecule has 3 fully saturated rings. The summed E-state index contributed by atoms with van der Waals surface area (Å²) in [6, 6.07) is 4.86. The van der Waals surface area contributed by atoms with Gasteiger partial charge in [-0.05, 0) is 62.7 Å². The molecule has 3 aliphatic heterocycles. The molecule has 10 heteroatoms. The second kappa shape index (κ2) is 8.68. The Morgan fingerprint density at radius 1 is 1.19 bits per heavy atom. The fraction of sp³-hybridized carbons (Fsp3) is 0.571. The maximum Gasteiger partial charge on any atom is 0.307 e. The molecule has 3 heterocycles. The zero-order chi connectivity index (χ0) is 22.2. The molecule has 0 aliphatic carbocycles. The number of benzene rings is 1. The van der Waals surface area contributed by atoms with Crippen molar-refractivity contribution in [3.63, 3.8) is 0 Å². The number of non-ortho nitro benzene ring substituents is 1. The molecule has 3 aliphatic rings. The Morgan fingerprint density at radius 3 is 2.52 bits per heavy atom. The summed E-state index contributed by atoms with van der Waals surface area (Å²) >= 11 is 0. The molecule has 168 valence electrons. The second-order valence-corrected chi connectivity index (χ2v) is 10.5. The molecule has 0 aromatic heterocycles. The highest BCUT2D eigenvalue weighted by Crippen LogP contribution is 2.44. The van der Waals surface area contributed by atoms with Crippen LogP contribution in [-0.4, -0.2) is 65.3 Å². The second-order valence-electron chi connectivity index (χ2n) is 8.58. The van der Waals surface area contributed by atoms with Gasteiger partial charge in [0.15, 0.2) is 0 Å². The number of hydrogen-bond donors (Lipinski definition) is 1. The van der Waals surface area contributed by atoms with Crippen LogP contribution < -0.4 is 0 Å². The number of carbonyl (C=O) groups is 1. The predicted molar refractivity (Wildman–Crippen MR) is 113 cm³/mol. The van der Waals surface area contributed by atoms with Crippen LogP contribution in [0.15, 0.2) is 41.3 Å². The largest absolute Gasteiger partial charge is 0.481 e. The lowest BCUT2D eigenvalue weighted by Crippen LogP contribution is -2.65. The van der Waals surface area contributed by atoms with E-state index in [2.05, 4.69) is 4.90 Å². The standard InChI is InChI=1S/C21H27N3O6S/c25-20(26)7-1-6-19-18-5-3-13-22-12-2-4-15(21(18)22)14-23(19)31(29,30)17-10-8-16(9-11-17)24(27)28/h1,6,8-11,15,18-19,21H,2-5,7,12-14H2,(H,25,26)/b6-1-/t15-,18+,19+,21-/m0/s1. The normalized spacial score (nSPS) is 29.5. The summed E-state index contributed by atoms with van der Waals surface area (Å²) in [6.07, 6.45) is 7.03. The topological polar surface area (TPSA) is 121 Å². The van der Waals surface area contributed by atoms with E-state index in [1.54, 1.807) is 12.2 Å². The number of aliphatic carboxylic acids is 1. The van der Waals surface area contributed by atoms with Crippen molar-refractivity contribution in [2.75, 3.05) is 19.6 Å². The van der Waals surface area contributed by atoms with Crippen LogP contribution in [0.2, 0.25) is 0 Å². The highest BCUT2D eigenvalue weighted by molar-refractivity contribution is 7.89. The van der Waals surface area contributed by atoms with Gasteiger partial charge in [-0.25, -0.2) is 8.42 Å². The summed E-state index contributed by atoms with van der Waals surface area (Å²) in [7, 11) is -3.90. The molecule has 9 nitrogen and oxygen atoms in total. The lowest BCUT2D eigenvalue weighted by Gasteiger charge is -2.56. The minimum atomic E-state index is -3.90. The number of sulfonamides is 1. The Kier molecular flexibility index (Phi) is 6.14. The van der Waals surface area contributed by atoms with Crippen molar-refractivity contribution in [2.45, 2.75) is 49.1 Å². The fourth-order valence-corrected chi connectivity index (χ4v) is 7.26. The van der Waals surface area contributed by atoms with Gasteiger partial charge in [-0.3, -0.25) is 19.8 Å². The molecule has 31 heavy (non-hydrogen) atoms. The fourth-order valence-electron chi connectivity index (χ4n) is 5.58. The number of rotatable bonds is 6. The first kappa shape index (κ1) is 21.9. The van der Waals surface area contributed by atoms with Crippen molar-refractivity contribution in [1.29, 1.82) is 0 Å². The zero-order valence-electron chi connectivity index (χ0n) is 17.2. The number of carboxylic acid groups (broad SMARTS) is 1. The van der Waals surface area contributed by atoms with Crippen molar-refractivity contribution in [3.8, 4) is 0 Å². The Labute approximate surface area is 181 Å². The summed E-state index contributed by atoms with van der Waals surface area (Å²) in [4.78, 5) is 23.9. The van der Waals surface area contributed by atoms with Crippen LogP contribution in [0.1, 0.15) is 32.1 Å². The molecule has 1 aromatic carbocycles. The van der Waals surface area contributed by atoms with Gasteiger partial charge in [0, 0.05) is 30.8 Å².